The quantitative estimate of drug-likeness (QED) is 0.483. The highest BCUT2D eigenvalue weighted by Gasteiger charge is 2.25. The highest BCUT2D eigenvalue weighted by Crippen LogP contribution is 2.18. The molecule has 0 bridgehead atoms. The Morgan fingerprint density at radius 3 is 2.81 bits per heavy atom. The van der Waals surface area contributed by atoms with Crippen molar-refractivity contribution in [3.8, 4) is 0 Å². The largest absolute Gasteiger partial charge is 0.344 e. The van der Waals surface area contributed by atoms with Crippen molar-refractivity contribution >= 4 is 40.5 Å². The summed E-state index contributed by atoms with van der Waals surface area (Å²) < 4.78 is 2.36. The number of H-pyrrole nitrogens is 1. The summed E-state index contributed by atoms with van der Waals surface area (Å²) in [6.45, 7) is 11.3. The summed E-state index contributed by atoms with van der Waals surface area (Å²) >= 11 is 6.51. The highest BCUT2D eigenvalue weighted by atomic mass is 32.1. The van der Waals surface area contributed by atoms with Gasteiger partial charge in [-0.25, -0.2) is 4.98 Å². The average molecular weight is 409 g/mol. The SMILES string of the molecule is C=CCn1c(Cc2csc(NC(=O)C(C)NC(=O)C(C)(C)C)n2)n[nH]c1=S. The zero-order valence-electron chi connectivity index (χ0n) is 15.8. The molecule has 1 atom stereocenters. The molecule has 0 fully saturated rings. The predicted octanol–water partition coefficient (Wildman–Crippen LogP) is 2.66. The Balaban J connectivity index is 2.00. The number of amides is 2. The lowest BCUT2D eigenvalue weighted by Gasteiger charge is -2.21. The average Bonchev–Trinajstić information content (AvgIpc) is 3.15. The third-order valence-electron chi connectivity index (χ3n) is 3.69. The number of rotatable bonds is 7. The number of hydrogen-bond donors (Lipinski definition) is 3. The molecule has 0 saturated carbocycles. The number of nitrogens with one attached hydrogen (secondary N) is 3. The second-order valence-corrected chi connectivity index (χ2v) is 8.34. The summed E-state index contributed by atoms with van der Waals surface area (Å²) in [5.74, 6) is 0.242. The third-order valence-corrected chi connectivity index (χ3v) is 4.81. The maximum atomic E-state index is 12.3. The van der Waals surface area contributed by atoms with Gasteiger partial charge in [0.2, 0.25) is 11.8 Å². The Labute approximate surface area is 167 Å². The number of hydrogen-bond acceptors (Lipinski definition) is 6. The van der Waals surface area contributed by atoms with Crippen LogP contribution in [0.2, 0.25) is 0 Å². The van der Waals surface area contributed by atoms with E-state index in [4.69, 9.17) is 12.2 Å². The monoisotopic (exact) mass is 408 g/mol. The molecule has 2 aromatic rings. The van der Waals surface area contributed by atoms with Crippen LogP contribution in [-0.2, 0) is 22.6 Å². The van der Waals surface area contributed by atoms with Gasteiger partial charge in [-0.3, -0.25) is 19.3 Å². The van der Waals surface area contributed by atoms with Gasteiger partial charge in [0, 0.05) is 17.3 Å². The predicted molar refractivity (Wildman–Crippen MR) is 108 cm³/mol. The zero-order chi connectivity index (χ0) is 20.2. The standard InChI is InChI=1S/C17H24N6O2S2/c1-6-7-23-12(21-22-16(23)26)8-11-9-27-15(19-11)20-13(24)10(2)18-14(25)17(3,4)5/h6,9-10H,1,7-8H2,2-5H3,(H,18,25)(H,22,26)(H,19,20,24). The van der Waals surface area contributed by atoms with Gasteiger partial charge < -0.3 is 10.6 Å². The van der Waals surface area contributed by atoms with Gasteiger partial charge in [-0.1, -0.05) is 26.8 Å². The number of aromatic nitrogens is 4. The van der Waals surface area contributed by atoms with E-state index < -0.39 is 11.5 Å². The lowest BCUT2D eigenvalue weighted by Crippen LogP contribution is -2.46. The van der Waals surface area contributed by atoms with Crippen molar-refractivity contribution in [2.75, 3.05) is 5.32 Å². The van der Waals surface area contributed by atoms with Crippen LogP contribution in [0.25, 0.3) is 0 Å². The molecule has 10 heteroatoms. The van der Waals surface area contributed by atoms with Crippen molar-refractivity contribution in [3.63, 3.8) is 0 Å². The number of allylic oxidation sites excluding steroid dienone is 1. The molecule has 2 rings (SSSR count). The van der Waals surface area contributed by atoms with Crippen LogP contribution in [0.15, 0.2) is 18.0 Å². The molecule has 2 amide bonds. The van der Waals surface area contributed by atoms with Crippen LogP contribution >= 0.6 is 23.6 Å². The number of carbonyl (C=O) groups excluding carboxylic acids is 2. The minimum Gasteiger partial charge on any atom is -0.344 e. The van der Waals surface area contributed by atoms with E-state index in [-0.39, 0.29) is 11.8 Å². The van der Waals surface area contributed by atoms with Gasteiger partial charge in [-0.2, -0.15) is 5.10 Å². The molecule has 146 valence electrons. The first-order valence-corrected chi connectivity index (χ1v) is 9.71. The fourth-order valence-electron chi connectivity index (χ4n) is 2.10. The minimum absolute atomic E-state index is 0.185. The Morgan fingerprint density at radius 1 is 1.48 bits per heavy atom. The van der Waals surface area contributed by atoms with E-state index in [1.165, 1.54) is 11.3 Å². The lowest BCUT2D eigenvalue weighted by molar-refractivity contribution is -0.131. The van der Waals surface area contributed by atoms with E-state index in [2.05, 4.69) is 32.4 Å². The smallest absolute Gasteiger partial charge is 0.248 e. The van der Waals surface area contributed by atoms with E-state index in [9.17, 15) is 9.59 Å². The van der Waals surface area contributed by atoms with Crippen molar-refractivity contribution in [1.29, 1.82) is 0 Å². The molecule has 3 N–H and O–H groups in total. The topological polar surface area (TPSA) is 105 Å². The van der Waals surface area contributed by atoms with Crippen molar-refractivity contribution in [2.24, 2.45) is 5.41 Å². The van der Waals surface area contributed by atoms with Gasteiger partial charge in [-0.15, -0.1) is 17.9 Å². The molecule has 0 spiro atoms. The Morgan fingerprint density at radius 2 is 2.19 bits per heavy atom. The minimum atomic E-state index is -0.659. The van der Waals surface area contributed by atoms with E-state index in [1.54, 1.807) is 33.8 Å². The first-order valence-electron chi connectivity index (χ1n) is 8.43. The van der Waals surface area contributed by atoms with Gasteiger partial charge in [0.1, 0.15) is 11.9 Å². The fraction of sp³-hybridized carbons (Fsp3) is 0.471. The molecule has 0 aromatic carbocycles. The number of nitrogens with zero attached hydrogens (tertiary/aromatic N) is 3. The summed E-state index contributed by atoms with van der Waals surface area (Å²) in [7, 11) is 0. The van der Waals surface area contributed by atoms with Crippen molar-refractivity contribution in [2.45, 2.75) is 46.7 Å². The second kappa shape index (κ2) is 8.57. The molecule has 0 radical (unpaired) electrons. The molecule has 27 heavy (non-hydrogen) atoms. The first-order chi connectivity index (χ1) is 12.6. The number of carbonyl (C=O) groups is 2. The summed E-state index contributed by atoms with van der Waals surface area (Å²) in [6, 6.07) is -0.659. The summed E-state index contributed by atoms with van der Waals surface area (Å²) in [6.07, 6.45) is 2.22. The van der Waals surface area contributed by atoms with Crippen LogP contribution in [0.1, 0.15) is 39.2 Å². The molecule has 8 nitrogen and oxygen atoms in total. The second-order valence-electron chi connectivity index (χ2n) is 7.10. The number of aromatic amines is 1. The van der Waals surface area contributed by atoms with Gasteiger partial charge in [0.05, 0.1) is 12.1 Å². The summed E-state index contributed by atoms with van der Waals surface area (Å²) in [4.78, 5) is 28.7. The van der Waals surface area contributed by atoms with Crippen LogP contribution in [-0.4, -0.2) is 37.6 Å². The zero-order valence-corrected chi connectivity index (χ0v) is 17.5. The number of thiazole rings is 1. The van der Waals surface area contributed by atoms with Gasteiger partial charge in [-0.05, 0) is 19.1 Å². The molecule has 1 unspecified atom stereocenters. The molecule has 0 saturated heterocycles. The van der Waals surface area contributed by atoms with Crippen LogP contribution < -0.4 is 10.6 Å². The van der Waals surface area contributed by atoms with Gasteiger partial charge in [0.15, 0.2) is 9.90 Å². The Hall–Kier alpha value is -2.33. The maximum absolute atomic E-state index is 12.3. The van der Waals surface area contributed by atoms with Crippen molar-refractivity contribution in [1.82, 2.24) is 25.1 Å². The van der Waals surface area contributed by atoms with Crippen molar-refractivity contribution in [3.05, 3.63) is 34.3 Å². The van der Waals surface area contributed by atoms with Crippen molar-refractivity contribution < 1.29 is 9.59 Å². The summed E-state index contributed by atoms with van der Waals surface area (Å²) in [5, 5.41) is 14.7. The lowest BCUT2D eigenvalue weighted by atomic mass is 9.95. The van der Waals surface area contributed by atoms with E-state index in [0.29, 0.717) is 22.9 Å². The number of anilines is 1. The molecule has 2 heterocycles. The van der Waals surface area contributed by atoms with E-state index in [1.807, 2.05) is 9.95 Å². The van der Waals surface area contributed by atoms with Gasteiger partial charge >= 0.3 is 0 Å². The summed E-state index contributed by atoms with van der Waals surface area (Å²) in [5.41, 5.74) is 0.206. The van der Waals surface area contributed by atoms with Crippen LogP contribution in [0.4, 0.5) is 5.13 Å². The highest BCUT2D eigenvalue weighted by molar-refractivity contribution is 7.71. The normalized spacial score (nSPS) is 12.4. The fourth-order valence-corrected chi connectivity index (χ4v) is 3.04. The van der Waals surface area contributed by atoms with Crippen LogP contribution in [0.5, 0.6) is 0 Å². The maximum Gasteiger partial charge on any atom is 0.248 e. The molecule has 0 aliphatic heterocycles. The van der Waals surface area contributed by atoms with Gasteiger partial charge in [0.25, 0.3) is 0 Å². The Bertz CT molecular complexity index is 890. The van der Waals surface area contributed by atoms with E-state index >= 15 is 0 Å². The van der Waals surface area contributed by atoms with E-state index in [0.717, 1.165) is 11.5 Å². The molecule has 2 aromatic heterocycles. The molecule has 0 aliphatic rings. The van der Waals surface area contributed by atoms with Crippen LogP contribution in [0, 0.1) is 10.2 Å². The molecular weight excluding hydrogens is 384 g/mol. The molecular formula is C17H24N6O2S2. The molecule has 0 aliphatic carbocycles. The first kappa shape index (κ1) is 21.0. The van der Waals surface area contributed by atoms with Crippen LogP contribution in [0.3, 0.4) is 0 Å². The third kappa shape index (κ3) is 5.57. The Kier molecular flexibility index (Phi) is 6.66.